The lowest BCUT2D eigenvalue weighted by molar-refractivity contribution is 1.07. The van der Waals surface area contributed by atoms with Crippen LogP contribution in [0.25, 0.3) is 123 Å². The van der Waals surface area contributed by atoms with Gasteiger partial charge in [-0.1, -0.05) is 169 Å². The van der Waals surface area contributed by atoms with E-state index < -0.39 is 0 Å². The van der Waals surface area contributed by atoms with E-state index in [9.17, 15) is 0 Å². The number of pyridine rings is 1. The summed E-state index contributed by atoms with van der Waals surface area (Å²) in [6.07, 6.45) is 1.94. The van der Waals surface area contributed by atoms with Crippen LogP contribution < -0.4 is 0 Å². The average Bonchev–Trinajstić information content (AvgIpc) is 3.93. The molecule has 0 spiro atoms. The van der Waals surface area contributed by atoms with Crippen molar-refractivity contribution in [2.45, 2.75) is 13.8 Å². The van der Waals surface area contributed by atoms with Gasteiger partial charge in [0.05, 0.1) is 33.4 Å². The van der Waals surface area contributed by atoms with E-state index >= 15 is 0 Å². The summed E-state index contributed by atoms with van der Waals surface area (Å²) >= 11 is 0. The summed E-state index contributed by atoms with van der Waals surface area (Å²) in [6, 6.07) is 79.7. The van der Waals surface area contributed by atoms with Crippen molar-refractivity contribution in [3.05, 3.63) is 242 Å². The lowest BCUT2D eigenvalue weighted by atomic mass is 10.0. The van der Waals surface area contributed by atoms with Crippen molar-refractivity contribution in [2.75, 3.05) is 0 Å². The molecule has 13 rings (SSSR count). The number of nitrogens with zero attached hydrogens (tertiary/aromatic N) is 6. The van der Waals surface area contributed by atoms with Crippen LogP contribution in [0.2, 0.25) is 0 Å². The maximum Gasteiger partial charge on any atom is 0.164 e. The fourth-order valence-corrected chi connectivity index (χ4v) is 10.2. The van der Waals surface area contributed by atoms with Crippen molar-refractivity contribution >= 4 is 43.6 Å². The number of aryl methyl sites for hydroxylation is 2. The van der Waals surface area contributed by atoms with Crippen LogP contribution in [0.5, 0.6) is 0 Å². The molecule has 0 aliphatic carbocycles. The molecule has 0 bridgehead atoms. The molecule has 0 N–H and O–H groups in total. The standard InChI is InChI=1S/C64H44N6/c1-41-15-13-21-45(35-41)47-27-30-59-53(37-47)51-23-9-11-25-57(51)69(59)50-33-34-65-56(40-50)55-39-49(64-67-62(43-17-5-3-6-18-43)66-63(68-64)44-19-7-4-8-20-44)29-32-61(55)70-58-26-12-10-24-52(58)54-38-48(28-31-60(54)70)46-22-14-16-42(2)36-46/h3-40H,1-2H3. The molecule has 4 heterocycles. The number of para-hydroxylation sites is 2. The van der Waals surface area contributed by atoms with E-state index in [1.807, 2.05) is 66.9 Å². The zero-order chi connectivity index (χ0) is 46.7. The van der Waals surface area contributed by atoms with Gasteiger partial charge in [-0.05, 0) is 103 Å². The second-order valence-corrected chi connectivity index (χ2v) is 18.1. The second kappa shape index (κ2) is 16.8. The Labute approximate surface area is 405 Å². The van der Waals surface area contributed by atoms with Crippen LogP contribution in [0.4, 0.5) is 0 Å². The lowest BCUT2D eigenvalue weighted by Gasteiger charge is -2.17. The Hall–Kier alpha value is -9.26. The first-order valence-corrected chi connectivity index (χ1v) is 23.7. The minimum atomic E-state index is 0.577. The topological polar surface area (TPSA) is 61.4 Å². The van der Waals surface area contributed by atoms with E-state index in [1.165, 1.54) is 54.9 Å². The first kappa shape index (κ1) is 41.0. The molecule has 0 unspecified atom stereocenters. The summed E-state index contributed by atoms with van der Waals surface area (Å²) in [4.78, 5) is 20.6. The number of fused-ring (bicyclic) bond motifs is 6. The molecule has 0 radical (unpaired) electrons. The molecule has 0 amide bonds. The van der Waals surface area contributed by atoms with Crippen molar-refractivity contribution in [1.82, 2.24) is 29.1 Å². The fourth-order valence-electron chi connectivity index (χ4n) is 10.2. The fraction of sp³-hybridized carbons (Fsp3) is 0.0312. The Kier molecular flexibility index (Phi) is 9.84. The van der Waals surface area contributed by atoms with Gasteiger partial charge in [0.15, 0.2) is 17.5 Å². The Morgan fingerprint density at radius 1 is 0.314 bits per heavy atom. The third-order valence-electron chi connectivity index (χ3n) is 13.5. The molecule has 0 atom stereocenters. The molecular formula is C64H44N6. The highest BCUT2D eigenvalue weighted by molar-refractivity contribution is 6.12. The van der Waals surface area contributed by atoms with Crippen molar-refractivity contribution in [3.63, 3.8) is 0 Å². The maximum atomic E-state index is 5.22. The molecule has 0 saturated carbocycles. The van der Waals surface area contributed by atoms with Gasteiger partial charge in [-0.25, -0.2) is 15.0 Å². The Morgan fingerprint density at radius 2 is 0.771 bits per heavy atom. The summed E-state index contributed by atoms with van der Waals surface area (Å²) < 4.78 is 4.76. The quantitative estimate of drug-likeness (QED) is 0.152. The molecule has 330 valence electrons. The molecule has 0 saturated heterocycles. The second-order valence-electron chi connectivity index (χ2n) is 18.1. The van der Waals surface area contributed by atoms with Crippen LogP contribution in [0.15, 0.2) is 231 Å². The summed E-state index contributed by atoms with van der Waals surface area (Å²) in [5.74, 6) is 1.80. The van der Waals surface area contributed by atoms with E-state index in [1.54, 1.807) is 0 Å². The smallest absolute Gasteiger partial charge is 0.164 e. The van der Waals surface area contributed by atoms with Crippen LogP contribution >= 0.6 is 0 Å². The highest BCUT2D eigenvalue weighted by Gasteiger charge is 2.21. The molecular weight excluding hydrogens is 853 g/mol. The third kappa shape index (κ3) is 7.13. The summed E-state index contributed by atoms with van der Waals surface area (Å²) in [5.41, 5.74) is 18.2. The molecule has 0 fully saturated rings. The van der Waals surface area contributed by atoms with Crippen LogP contribution in [0.1, 0.15) is 11.1 Å². The van der Waals surface area contributed by atoms with Gasteiger partial charge in [0.25, 0.3) is 0 Å². The van der Waals surface area contributed by atoms with Crippen molar-refractivity contribution in [3.8, 4) is 79.0 Å². The summed E-state index contributed by atoms with van der Waals surface area (Å²) in [7, 11) is 0. The number of aromatic nitrogens is 6. The zero-order valence-electron chi connectivity index (χ0n) is 38.6. The van der Waals surface area contributed by atoms with Crippen LogP contribution in [-0.2, 0) is 0 Å². The van der Waals surface area contributed by atoms with Crippen LogP contribution in [0.3, 0.4) is 0 Å². The average molecular weight is 897 g/mol. The van der Waals surface area contributed by atoms with Crippen molar-refractivity contribution < 1.29 is 0 Å². The number of hydrogen-bond acceptors (Lipinski definition) is 4. The molecule has 70 heavy (non-hydrogen) atoms. The van der Waals surface area contributed by atoms with E-state index in [4.69, 9.17) is 19.9 Å². The van der Waals surface area contributed by atoms with E-state index in [0.717, 1.165) is 61.4 Å². The van der Waals surface area contributed by atoms with Gasteiger partial charge in [0, 0.05) is 55.7 Å². The number of benzene rings is 9. The maximum absolute atomic E-state index is 5.22. The predicted octanol–water partition coefficient (Wildman–Crippen LogP) is 16.1. The van der Waals surface area contributed by atoms with Crippen LogP contribution in [-0.4, -0.2) is 29.1 Å². The minimum Gasteiger partial charge on any atom is -0.309 e. The van der Waals surface area contributed by atoms with Gasteiger partial charge < -0.3 is 9.13 Å². The third-order valence-corrected chi connectivity index (χ3v) is 13.5. The molecule has 6 nitrogen and oxygen atoms in total. The number of hydrogen-bond donors (Lipinski definition) is 0. The summed E-state index contributed by atoms with van der Waals surface area (Å²) in [5, 5.41) is 4.75. The largest absolute Gasteiger partial charge is 0.309 e. The van der Waals surface area contributed by atoms with Gasteiger partial charge in [0.1, 0.15) is 0 Å². The van der Waals surface area contributed by atoms with Gasteiger partial charge in [-0.15, -0.1) is 0 Å². The van der Waals surface area contributed by atoms with Crippen molar-refractivity contribution in [1.29, 1.82) is 0 Å². The Morgan fingerprint density at radius 3 is 1.34 bits per heavy atom. The van der Waals surface area contributed by atoms with Crippen molar-refractivity contribution in [2.24, 2.45) is 0 Å². The molecule has 13 aromatic rings. The molecule has 6 heteroatoms. The van der Waals surface area contributed by atoms with Gasteiger partial charge in [-0.2, -0.15) is 0 Å². The Bertz CT molecular complexity index is 4090. The SMILES string of the molecule is Cc1cccc(-c2ccc3c(c2)c2ccccc2n3-c2ccnc(-c3cc(-c4nc(-c5ccccc5)nc(-c5ccccc5)n4)ccc3-n3c4ccccc4c4cc(-c5cccc(C)c5)ccc43)c2)c1. The molecule has 0 aliphatic heterocycles. The number of rotatable bonds is 8. The van der Waals surface area contributed by atoms with Gasteiger partial charge in [0.2, 0.25) is 0 Å². The van der Waals surface area contributed by atoms with Gasteiger partial charge >= 0.3 is 0 Å². The minimum absolute atomic E-state index is 0.577. The summed E-state index contributed by atoms with van der Waals surface area (Å²) in [6.45, 7) is 4.29. The highest BCUT2D eigenvalue weighted by atomic mass is 15.0. The lowest BCUT2D eigenvalue weighted by Crippen LogP contribution is -2.03. The van der Waals surface area contributed by atoms with E-state index in [-0.39, 0.29) is 0 Å². The molecule has 9 aromatic carbocycles. The first-order valence-electron chi connectivity index (χ1n) is 23.7. The normalized spacial score (nSPS) is 11.6. The van der Waals surface area contributed by atoms with Gasteiger partial charge in [-0.3, -0.25) is 4.98 Å². The van der Waals surface area contributed by atoms with E-state index in [0.29, 0.717) is 17.5 Å². The monoisotopic (exact) mass is 896 g/mol. The first-order chi connectivity index (χ1) is 34.5. The Balaban J connectivity index is 1.05. The zero-order valence-corrected chi connectivity index (χ0v) is 38.6. The highest BCUT2D eigenvalue weighted by Crippen LogP contribution is 2.41. The molecule has 4 aromatic heterocycles. The van der Waals surface area contributed by atoms with Crippen LogP contribution in [0, 0.1) is 13.8 Å². The predicted molar refractivity (Wildman–Crippen MR) is 288 cm³/mol. The van der Waals surface area contributed by atoms with E-state index in [2.05, 4.69) is 187 Å². The molecule has 0 aliphatic rings.